The van der Waals surface area contributed by atoms with Gasteiger partial charge in [-0.15, -0.1) is 0 Å². The van der Waals surface area contributed by atoms with Crippen LogP contribution in [-0.4, -0.2) is 21.8 Å². The van der Waals surface area contributed by atoms with Crippen LogP contribution in [-0.2, 0) is 4.79 Å². The molecule has 0 rings (SSSR count). The lowest BCUT2D eigenvalue weighted by Crippen LogP contribution is -2.38. The van der Waals surface area contributed by atoms with E-state index < -0.39 is 11.6 Å². The van der Waals surface area contributed by atoms with Crippen LogP contribution in [0.3, 0.4) is 0 Å². The molecule has 3 heteroatoms. The van der Waals surface area contributed by atoms with Crippen molar-refractivity contribution in [3.8, 4) is 0 Å². The summed E-state index contributed by atoms with van der Waals surface area (Å²) < 4.78 is 0. The number of aliphatic hydroxyl groups is 1. The van der Waals surface area contributed by atoms with Crippen LogP contribution in [0.1, 0.15) is 65.2 Å². The van der Waals surface area contributed by atoms with Crippen molar-refractivity contribution in [2.45, 2.75) is 70.8 Å². The molecule has 2 N–H and O–H groups in total. The van der Waals surface area contributed by atoms with Crippen LogP contribution in [0.25, 0.3) is 0 Å². The summed E-state index contributed by atoms with van der Waals surface area (Å²) in [6.07, 6.45) is 6.79. The molecular weight excluding hydrogens is 192 g/mol. The first-order chi connectivity index (χ1) is 7.06. The third kappa shape index (κ3) is 5.78. The summed E-state index contributed by atoms with van der Waals surface area (Å²) in [7, 11) is 0. The van der Waals surface area contributed by atoms with E-state index in [2.05, 4.69) is 6.92 Å². The van der Waals surface area contributed by atoms with E-state index in [1.807, 2.05) is 6.92 Å². The van der Waals surface area contributed by atoms with Crippen LogP contribution in [0.2, 0.25) is 0 Å². The van der Waals surface area contributed by atoms with Gasteiger partial charge in [-0.25, -0.2) is 4.79 Å². The molecular formula is C12H24O3. The highest BCUT2D eigenvalue weighted by molar-refractivity contribution is 5.76. The number of aliphatic carboxylic acids is 1. The standard InChI is InChI=1S/C12H24O3/c1-3-5-6-7-8-10-12(15,9-4-2)11(13)14/h15H,3-10H2,1-2H3,(H,13,14). The molecule has 0 radical (unpaired) electrons. The molecule has 0 aromatic carbocycles. The zero-order valence-electron chi connectivity index (χ0n) is 9.96. The summed E-state index contributed by atoms with van der Waals surface area (Å²) >= 11 is 0. The minimum Gasteiger partial charge on any atom is -0.479 e. The van der Waals surface area contributed by atoms with Gasteiger partial charge >= 0.3 is 5.97 Å². The number of hydrogen-bond acceptors (Lipinski definition) is 2. The molecule has 1 unspecified atom stereocenters. The molecule has 0 aliphatic rings. The molecule has 1 atom stereocenters. The number of rotatable bonds is 9. The van der Waals surface area contributed by atoms with Gasteiger partial charge in [-0.1, -0.05) is 46.0 Å². The van der Waals surface area contributed by atoms with Crippen LogP contribution in [0.5, 0.6) is 0 Å². The summed E-state index contributed by atoms with van der Waals surface area (Å²) in [4.78, 5) is 10.9. The van der Waals surface area contributed by atoms with E-state index in [1.165, 1.54) is 12.8 Å². The predicted octanol–water partition coefficient (Wildman–Crippen LogP) is 2.96. The maximum atomic E-state index is 10.9. The Hall–Kier alpha value is -0.570. The molecule has 15 heavy (non-hydrogen) atoms. The van der Waals surface area contributed by atoms with Crippen LogP contribution in [0, 0.1) is 0 Å². The summed E-state index contributed by atoms with van der Waals surface area (Å²) in [6, 6.07) is 0. The summed E-state index contributed by atoms with van der Waals surface area (Å²) in [5, 5.41) is 18.8. The van der Waals surface area contributed by atoms with E-state index in [4.69, 9.17) is 5.11 Å². The molecule has 0 aliphatic carbocycles. The molecule has 0 amide bonds. The second kappa shape index (κ2) is 7.69. The summed E-state index contributed by atoms with van der Waals surface area (Å²) in [5.41, 5.74) is -1.49. The Morgan fingerprint density at radius 3 is 2.07 bits per heavy atom. The molecule has 0 aromatic heterocycles. The van der Waals surface area contributed by atoms with Crippen molar-refractivity contribution in [3.05, 3.63) is 0 Å². The maximum Gasteiger partial charge on any atom is 0.335 e. The van der Waals surface area contributed by atoms with Gasteiger partial charge in [-0.3, -0.25) is 0 Å². The number of carboxylic acid groups (broad SMARTS) is 1. The molecule has 0 heterocycles. The number of carbonyl (C=O) groups is 1. The first-order valence-corrected chi connectivity index (χ1v) is 6.02. The van der Waals surface area contributed by atoms with Crippen molar-refractivity contribution < 1.29 is 15.0 Å². The molecule has 0 saturated carbocycles. The van der Waals surface area contributed by atoms with E-state index in [1.54, 1.807) is 0 Å². The number of carboxylic acids is 1. The fourth-order valence-electron chi connectivity index (χ4n) is 1.77. The van der Waals surface area contributed by atoms with E-state index in [9.17, 15) is 9.90 Å². The zero-order chi connectivity index (χ0) is 11.7. The van der Waals surface area contributed by atoms with Crippen molar-refractivity contribution in [1.82, 2.24) is 0 Å². The van der Waals surface area contributed by atoms with Crippen LogP contribution in [0.4, 0.5) is 0 Å². The SMILES string of the molecule is CCCCCCCC(O)(CCC)C(=O)O. The van der Waals surface area contributed by atoms with Crippen molar-refractivity contribution in [2.75, 3.05) is 0 Å². The number of unbranched alkanes of at least 4 members (excludes halogenated alkanes) is 4. The largest absolute Gasteiger partial charge is 0.479 e. The van der Waals surface area contributed by atoms with Gasteiger partial charge in [0.15, 0.2) is 5.60 Å². The van der Waals surface area contributed by atoms with E-state index in [-0.39, 0.29) is 0 Å². The van der Waals surface area contributed by atoms with Gasteiger partial charge in [0, 0.05) is 0 Å². The lowest BCUT2D eigenvalue weighted by atomic mass is 9.91. The molecule has 0 spiro atoms. The van der Waals surface area contributed by atoms with E-state index in [0.29, 0.717) is 19.3 Å². The van der Waals surface area contributed by atoms with Gasteiger partial charge in [0.2, 0.25) is 0 Å². The van der Waals surface area contributed by atoms with Gasteiger partial charge < -0.3 is 10.2 Å². The monoisotopic (exact) mass is 216 g/mol. The first kappa shape index (κ1) is 14.4. The molecule has 0 aromatic rings. The third-order valence-corrected chi connectivity index (χ3v) is 2.76. The average molecular weight is 216 g/mol. The Morgan fingerprint density at radius 2 is 1.60 bits per heavy atom. The Morgan fingerprint density at radius 1 is 1.00 bits per heavy atom. The highest BCUT2D eigenvalue weighted by Crippen LogP contribution is 2.21. The van der Waals surface area contributed by atoms with Gasteiger partial charge in [-0.2, -0.15) is 0 Å². The Balaban J connectivity index is 3.81. The van der Waals surface area contributed by atoms with Gasteiger partial charge in [0.05, 0.1) is 0 Å². The zero-order valence-corrected chi connectivity index (χ0v) is 9.96. The minimum absolute atomic E-state index is 0.357. The topological polar surface area (TPSA) is 57.5 Å². The van der Waals surface area contributed by atoms with Gasteiger partial charge in [0.1, 0.15) is 0 Å². The predicted molar refractivity (Wildman–Crippen MR) is 60.9 cm³/mol. The Kier molecular flexibility index (Phi) is 7.39. The van der Waals surface area contributed by atoms with Gasteiger partial charge in [0.25, 0.3) is 0 Å². The molecule has 0 fully saturated rings. The van der Waals surface area contributed by atoms with Crippen molar-refractivity contribution in [1.29, 1.82) is 0 Å². The van der Waals surface area contributed by atoms with Crippen LogP contribution in [0.15, 0.2) is 0 Å². The molecule has 90 valence electrons. The van der Waals surface area contributed by atoms with Gasteiger partial charge in [-0.05, 0) is 19.3 Å². The second-order valence-electron chi connectivity index (χ2n) is 4.25. The molecule has 0 aliphatic heterocycles. The lowest BCUT2D eigenvalue weighted by molar-refractivity contribution is -0.160. The van der Waals surface area contributed by atoms with Crippen molar-refractivity contribution in [3.63, 3.8) is 0 Å². The smallest absolute Gasteiger partial charge is 0.335 e. The van der Waals surface area contributed by atoms with Crippen molar-refractivity contribution in [2.24, 2.45) is 0 Å². The maximum absolute atomic E-state index is 10.9. The van der Waals surface area contributed by atoms with Crippen LogP contribution < -0.4 is 0 Å². The third-order valence-electron chi connectivity index (χ3n) is 2.76. The summed E-state index contributed by atoms with van der Waals surface area (Å²) in [5.74, 6) is -1.07. The second-order valence-corrected chi connectivity index (χ2v) is 4.25. The van der Waals surface area contributed by atoms with Crippen molar-refractivity contribution >= 4 is 5.97 Å². The van der Waals surface area contributed by atoms with E-state index >= 15 is 0 Å². The van der Waals surface area contributed by atoms with Crippen LogP contribution >= 0.6 is 0 Å². The Bertz CT molecular complexity index is 180. The normalized spacial score (nSPS) is 14.9. The average Bonchev–Trinajstić information content (AvgIpc) is 2.18. The highest BCUT2D eigenvalue weighted by Gasteiger charge is 2.33. The highest BCUT2D eigenvalue weighted by atomic mass is 16.4. The minimum atomic E-state index is -1.49. The lowest BCUT2D eigenvalue weighted by Gasteiger charge is -2.22. The molecule has 3 nitrogen and oxygen atoms in total. The Labute approximate surface area is 92.5 Å². The molecule has 0 bridgehead atoms. The first-order valence-electron chi connectivity index (χ1n) is 6.02. The fourth-order valence-corrected chi connectivity index (χ4v) is 1.77. The van der Waals surface area contributed by atoms with E-state index in [0.717, 1.165) is 19.3 Å². The number of hydrogen-bond donors (Lipinski definition) is 2. The quantitative estimate of drug-likeness (QED) is 0.582. The summed E-state index contributed by atoms with van der Waals surface area (Å²) in [6.45, 7) is 4.04. The molecule has 0 saturated heterocycles. The fraction of sp³-hybridized carbons (Fsp3) is 0.917.